The van der Waals surface area contributed by atoms with Gasteiger partial charge in [0, 0.05) is 15.1 Å². The molecule has 0 aliphatic rings. The zero-order chi connectivity index (χ0) is 20.8. The predicted molar refractivity (Wildman–Crippen MR) is 116 cm³/mol. The highest BCUT2D eigenvalue weighted by Gasteiger charge is 2.11. The molecule has 0 aliphatic carbocycles. The zero-order valence-electron chi connectivity index (χ0n) is 14.8. The maximum Gasteiger partial charge on any atom is 0.259 e. The first-order chi connectivity index (χ1) is 13.9. The van der Waals surface area contributed by atoms with Crippen molar-refractivity contribution >= 4 is 57.2 Å². The fourth-order valence-corrected chi connectivity index (χ4v) is 3.21. The molecular weight excluding hydrogens is 481 g/mol. The number of benzene rings is 2. The van der Waals surface area contributed by atoms with Gasteiger partial charge in [0.25, 0.3) is 11.8 Å². The topological polar surface area (TPSA) is 83.7 Å². The fourth-order valence-electron chi connectivity index (χ4n) is 2.36. The second-order valence-electron chi connectivity index (χ2n) is 5.78. The highest BCUT2D eigenvalue weighted by Crippen LogP contribution is 2.31. The Kier molecular flexibility index (Phi) is 7.09. The lowest BCUT2D eigenvalue weighted by atomic mass is 10.2. The quantitative estimate of drug-likeness (QED) is 0.377. The van der Waals surface area contributed by atoms with Crippen molar-refractivity contribution in [3.63, 3.8) is 0 Å². The van der Waals surface area contributed by atoms with Crippen molar-refractivity contribution in [2.75, 3.05) is 6.54 Å². The van der Waals surface area contributed by atoms with Crippen LogP contribution in [-0.4, -0.2) is 24.6 Å². The van der Waals surface area contributed by atoms with Crippen molar-refractivity contribution in [1.82, 2.24) is 10.7 Å². The molecule has 0 saturated carbocycles. The van der Waals surface area contributed by atoms with E-state index in [1.807, 2.05) is 0 Å². The molecule has 9 heteroatoms. The molecule has 2 aromatic carbocycles. The van der Waals surface area contributed by atoms with Crippen molar-refractivity contribution in [2.45, 2.75) is 0 Å². The number of amides is 2. The minimum Gasteiger partial charge on any atom is -0.455 e. The molecule has 0 bridgehead atoms. The van der Waals surface area contributed by atoms with Gasteiger partial charge < -0.3 is 9.73 Å². The van der Waals surface area contributed by atoms with Gasteiger partial charge in [-0.1, -0.05) is 35.3 Å². The molecular formula is C20H14BrCl2N3O3. The highest BCUT2D eigenvalue weighted by molar-refractivity contribution is 9.10. The van der Waals surface area contributed by atoms with E-state index in [2.05, 4.69) is 31.8 Å². The maximum atomic E-state index is 12.1. The van der Waals surface area contributed by atoms with E-state index in [1.54, 1.807) is 54.6 Å². The number of nitrogens with zero attached hydrogens (tertiary/aromatic N) is 1. The van der Waals surface area contributed by atoms with Crippen molar-refractivity contribution in [1.29, 1.82) is 0 Å². The van der Waals surface area contributed by atoms with E-state index >= 15 is 0 Å². The summed E-state index contributed by atoms with van der Waals surface area (Å²) in [5.74, 6) is 0.0802. The number of hydrogen-bond acceptors (Lipinski definition) is 4. The van der Waals surface area contributed by atoms with E-state index in [1.165, 1.54) is 6.21 Å². The molecule has 3 aromatic rings. The Hall–Kier alpha value is -2.61. The highest BCUT2D eigenvalue weighted by atomic mass is 79.9. The number of furan rings is 1. The van der Waals surface area contributed by atoms with Gasteiger partial charge in [0.2, 0.25) is 0 Å². The second kappa shape index (κ2) is 9.73. The molecule has 148 valence electrons. The summed E-state index contributed by atoms with van der Waals surface area (Å²) in [5.41, 5.74) is 3.41. The summed E-state index contributed by atoms with van der Waals surface area (Å²) in [5, 5.41) is 7.38. The van der Waals surface area contributed by atoms with Crippen LogP contribution in [-0.2, 0) is 4.79 Å². The van der Waals surface area contributed by atoms with Crippen LogP contribution in [0.4, 0.5) is 0 Å². The van der Waals surface area contributed by atoms with Crippen LogP contribution in [0.15, 0.2) is 68.6 Å². The Morgan fingerprint density at radius 2 is 1.90 bits per heavy atom. The standard InChI is InChI=1S/C20H14BrCl2N3O3/c21-16-4-2-1-3-14(16)20(28)24-11-19(27)26-25-10-13-6-8-18(29-13)15-9-12(22)5-7-17(15)23/h1-10H,11H2,(H,24,28)(H,26,27)/b25-10+. The monoisotopic (exact) mass is 493 g/mol. The first-order valence-electron chi connectivity index (χ1n) is 8.34. The van der Waals surface area contributed by atoms with Crippen molar-refractivity contribution < 1.29 is 14.0 Å². The Morgan fingerprint density at radius 3 is 2.69 bits per heavy atom. The Balaban J connectivity index is 1.53. The van der Waals surface area contributed by atoms with Gasteiger partial charge in [0.15, 0.2) is 0 Å². The predicted octanol–water partition coefficient (Wildman–Crippen LogP) is 4.90. The molecule has 2 N–H and O–H groups in total. The normalized spacial score (nSPS) is 10.9. The lowest BCUT2D eigenvalue weighted by Gasteiger charge is -2.05. The number of rotatable bonds is 6. The second-order valence-corrected chi connectivity index (χ2v) is 7.48. The largest absolute Gasteiger partial charge is 0.455 e. The van der Waals surface area contributed by atoms with Gasteiger partial charge in [0.05, 0.1) is 23.3 Å². The minimum absolute atomic E-state index is 0.223. The van der Waals surface area contributed by atoms with Gasteiger partial charge in [-0.15, -0.1) is 0 Å². The third-order valence-corrected chi connectivity index (χ3v) is 4.99. The fraction of sp³-hybridized carbons (Fsp3) is 0.0500. The molecule has 0 unspecified atom stereocenters. The molecule has 29 heavy (non-hydrogen) atoms. The van der Waals surface area contributed by atoms with Crippen LogP contribution < -0.4 is 10.7 Å². The number of halogens is 3. The van der Waals surface area contributed by atoms with Crippen LogP contribution in [0.3, 0.4) is 0 Å². The van der Waals surface area contributed by atoms with Gasteiger partial charge in [-0.3, -0.25) is 9.59 Å². The average Bonchev–Trinajstić information content (AvgIpc) is 3.17. The number of hydrogen-bond donors (Lipinski definition) is 2. The van der Waals surface area contributed by atoms with Crippen LogP contribution >= 0.6 is 39.1 Å². The summed E-state index contributed by atoms with van der Waals surface area (Å²) in [4.78, 5) is 23.9. The van der Waals surface area contributed by atoms with Crippen molar-refractivity contribution in [3.8, 4) is 11.3 Å². The van der Waals surface area contributed by atoms with Crippen molar-refractivity contribution in [2.24, 2.45) is 5.10 Å². The molecule has 6 nitrogen and oxygen atoms in total. The van der Waals surface area contributed by atoms with Gasteiger partial charge in [-0.2, -0.15) is 5.10 Å². The molecule has 0 spiro atoms. The number of carbonyl (C=O) groups excluding carboxylic acids is 2. The van der Waals surface area contributed by atoms with E-state index in [0.717, 1.165) is 0 Å². The average molecular weight is 495 g/mol. The number of hydrazone groups is 1. The lowest BCUT2D eigenvalue weighted by Crippen LogP contribution is -2.35. The molecule has 1 heterocycles. The summed E-state index contributed by atoms with van der Waals surface area (Å²) >= 11 is 15.4. The van der Waals surface area contributed by atoms with Gasteiger partial charge in [0.1, 0.15) is 11.5 Å². The number of nitrogens with one attached hydrogen (secondary N) is 2. The smallest absolute Gasteiger partial charge is 0.259 e. The van der Waals surface area contributed by atoms with Gasteiger partial charge >= 0.3 is 0 Å². The van der Waals surface area contributed by atoms with E-state index in [9.17, 15) is 9.59 Å². The number of carbonyl (C=O) groups is 2. The summed E-state index contributed by atoms with van der Waals surface area (Å²) in [6, 6.07) is 15.4. The molecule has 0 fully saturated rings. The van der Waals surface area contributed by atoms with E-state index in [-0.39, 0.29) is 12.5 Å². The molecule has 0 aliphatic heterocycles. The summed E-state index contributed by atoms with van der Waals surface area (Å²) < 4.78 is 6.28. The molecule has 0 saturated heterocycles. The lowest BCUT2D eigenvalue weighted by molar-refractivity contribution is -0.120. The van der Waals surface area contributed by atoms with E-state index < -0.39 is 5.91 Å². The first-order valence-corrected chi connectivity index (χ1v) is 9.89. The van der Waals surface area contributed by atoms with Gasteiger partial charge in [-0.05, 0) is 58.4 Å². The molecule has 2 amide bonds. The summed E-state index contributed by atoms with van der Waals surface area (Å²) in [7, 11) is 0. The first kappa shape index (κ1) is 21.1. The van der Waals surface area contributed by atoms with Crippen LogP contribution in [0.2, 0.25) is 10.0 Å². The van der Waals surface area contributed by atoms with Crippen LogP contribution in [0.25, 0.3) is 11.3 Å². The summed E-state index contributed by atoms with van der Waals surface area (Å²) in [6.45, 7) is -0.223. The van der Waals surface area contributed by atoms with Crippen LogP contribution in [0.5, 0.6) is 0 Å². The Morgan fingerprint density at radius 1 is 1.10 bits per heavy atom. The minimum atomic E-state index is -0.480. The zero-order valence-corrected chi connectivity index (χ0v) is 17.9. The molecule has 0 radical (unpaired) electrons. The molecule has 3 rings (SSSR count). The maximum absolute atomic E-state index is 12.1. The Bertz CT molecular complexity index is 1080. The Labute approximate surface area is 185 Å². The van der Waals surface area contributed by atoms with Crippen molar-refractivity contribution in [3.05, 3.63) is 80.4 Å². The third kappa shape index (κ3) is 5.69. The summed E-state index contributed by atoms with van der Waals surface area (Å²) in [6.07, 6.45) is 1.34. The molecule has 0 atom stereocenters. The van der Waals surface area contributed by atoms with Crippen LogP contribution in [0, 0.1) is 0 Å². The third-order valence-electron chi connectivity index (χ3n) is 3.73. The van der Waals surface area contributed by atoms with Gasteiger partial charge in [-0.25, -0.2) is 5.43 Å². The SMILES string of the molecule is O=C(CNC(=O)c1ccccc1Br)N/N=C/c1ccc(-c2cc(Cl)ccc2Cl)o1. The molecule has 1 aromatic heterocycles. The van der Waals surface area contributed by atoms with Crippen LogP contribution in [0.1, 0.15) is 16.1 Å². The van der Waals surface area contributed by atoms with E-state index in [4.69, 9.17) is 27.6 Å². The van der Waals surface area contributed by atoms with E-state index in [0.29, 0.717) is 37.2 Å².